The topological polar surface area (TPSA) is 44.5 Å². The molecule has 0 aliphatic rings. The van der Waals surface area contributed by atoms with E-state index in [9.17, 15) is 13.2 Å². The lowest BCUT2D eigenvalue weighted by Gasteiger charge is -2.17. The zero-order valence-corrected chi connectivity index (χ0v) is 7.43. The second-order valence-electron chi connectivity index (χ2n) is 2.54. The number of nitrogens with two attached hydrogens (primary N) is 1. The van der Waals surface area contributed by atoms with E-state index in [1.54, 1.807) is 0 Å². The van der Waals surface area contributed by atoms with Gasteiger partial charge in [-0.25, -0.2) is 0 Å². The molecule has 0 aromatic carbocycles. The van der Waals surface area contributed by atoms with Gasteiger partial charge in [-0.05, 0) is 0 Å². The molecule has 1 unspecified atom stereocenters. The van der Waals surface area contributed by atoms with Gasteiger partial charge in [-0.15, -0.1) is 0 Å². The van der Waals surface area contributed by atoms with E-state index in [1.165, 1.54) is 7.11 Å². The van der Waals surface area contributed by atoms with Crippen LogP contribution in [0.2, 0.25) is 0 Å². The van der Waals surface area contributed by atoms with Crippen molar-refractivity contribution in [3.8, 4) is 0 Å². The average molecular weight is 201 g/mol. The van der Waals surface area contributed by atoms with Gasteiger partial charge >= 0.3 is 6.18 Å². The van der Waals surface area contributed by atoms with Gasteiger partial charge < -0.3 is 15.2 Å². The van der Waals surface area contributed by atoms with E-state index in [-0.39, 0.29) is 13.2 Å². The van der Waals surface area contributed by atoms with Gasteiger partial charge in [0, 0.05) is 13.7 Å². The second-order valence-corrected chi connectivity index (χ2v) is 2.54. The molecule has 0 rings (SSSR count). The quantitative estimate of drug-likeness (QED) is 0.646. The second kappa shape index (κ2) is 6.17. The fourth-order valence-corrected chi connectivity index (χ4v) is 0.664. The van der Waals surface area contributed by atoms with Crippen LogP contribution in [0.4, 0.5) is 13.2 Å². The van der Waals surface area contributed by atoms with Crippen LogP contribution in [0.1, 0.15) is 0 Å². The van der Waals surface area contributed by atoms with Crippen LogP contribution in [-0.4, -0.2) is 39.7 Å². The molecule has 0 spiro atoms. The zero-order valence-electron chi connectivity index (χ0n) is 7.43. The van der Waals surface area contributed by atoms with E-state index in [0.29, 0.717) is 0 Å². The molecule has 3 nitrogen and oxygen atoms in total. The first-order valence-electron chi connectivity index (χ1n) is 3.85. The summed E-state index contributed by atoms with van der Waals surface area (Å²) in [5.74, 6) is -1.58. The van der Waals surface area contributed by atoms with Crippen molar-refractivity contribution in [2.75, 3.05) is 33.5 Å². The van der Waals surface area contributed by atoms with Crippen LogP contribution in [0, 0.1) is 5.92 Å². The van der Waals surface area contributed by atoms with Crippen LogP contribution in [-0.2, 0) is 9.47 Å². The first-order chi connectivity index (χ1) is 6.02. The van der Waals surface area contributed by atoms with E-state index in [2.05, 4.69) is 4.74 Å². The van der Waals surface area contributed by atoms with Crippen molar-refractivity contribution < 1.29 is 22.6 Å². The van der Waals surface area contributed by atoms with Crippen molar-refractivity contribution in [3.63, 3.8) is 0 Å². The van der Waals surface area contributed by atoms with Crippen LogP contribution in [0.15, 0.2) is 0 Å². The minimum Gasteiger partial charge on any atom is -0.382 e. The Morgan fingerprint density at radius 2 is 1.92 bits per heavy atom. The number of rotatable bonds is 6. The van der Waals surface area contributed by atoms with Crippen LogP contribution >= 0.6 is 0 Å². The summed E-state index contributed by atoms with van der Waals surface area (Å²) in [6.07, 6.45) is -4.28. The number of hydrogen-bond acceptors (Lipinski definition) is 3. The van der Waals surface area contributed by atoms with Gasteiger partial charge in [-0.2, -0.15) is 13.2 Å². The molecule has 0 fully saturated rings. The lowest BCUT2D eigenvalue weighted by atomic mass is 10.1. The van der Waals surface area contributed by atoms with E-state index >= 15 is 0 Å². The Morgan fingerprint density at radius 3 is 2.31 bits per heavy atom. The fourth-order valence-electron chi connectivity index (χ4n) is 0.664. The fraction of sp³-hybridized carbons (Fsp3) is 1.00. The molecule has 2 N–H and O–H groups in total. The number of ether oxygens (including phenoxy) is 2. The molecule has 0 aliphatic heterocycles. The third kappa shape index (κ3) is 5.84. The van der Waals surface area contributed by atoms with E-state index in [4.69, 9.17) is 10.5 Å². The Kier molecular flexibility index (Phi) is 6.02. The first-order valence-corrected chi connectivity index (χ1v) is 3.85. The minimum absolute atomic E-state index is 0.156. The van der Waals surface area contributed by atoms with E-state index in [1.807, 2.05) is 0 Å². The Hall–Kier alpha value is -0.330. The van der Waals surface area contributed by atoms with E-state index < -0.39 is 25.2 Å². The van der Waals surface area contributed by atoms with Crippen molar-refractivity contribution in [1.82, 2.24) is 0 Å². The highest BCUT2D eigenvalue weighted by atomic mass is 19.4. The van der Waals surface area contributed by atoms with Gasteiger partial charge in [-0.3, -0.25) is 0 Å². The number of hydrogen-bond donors (Lipinski definition) is 1. The largest absolute Gasteiger partial charge is 0.395 e. The predicted molar refractivity (Wildman–Crippen MR) is 41.3 cm³/mol. The molecule has 0 saturated heterocycles. The highest BCUT2D eigenvalue weighted by Crippen LogP contribution is 2.25. The minimum atomic E-state index is -4.28. The molecule has 0 bridgehead atoms. The molecule has 6 heteroatoms. The normalized spacial score (nSPS) is 14.5. The maximum atomic E-state index is 12.0. The summed E-state index contributed by atoms with van der Waals surface area (Å²) >= 11 is 0. The number of methoxy groups -OCH3 is 1. The molecule has 13 heavy (non-hydrogen) atoms. The molecule has 0 amide bonds. The van der Waals surface area contributed by atoms with Crippen molar-refractivity contribution in [2.24, 2.45) is 11.7 Å². The first kappa shape index (κ1) is 12.7. The molecule has 0 aromatic rings. The Bertz CT molecular complexity index is 129. The standard InChI is InChI=1S/C7H14F3NO2/c1-12-2-3-13-5-6(4-11)7(8,9)10/h6H,2-5,11H2,1H3. The highest BCUT2D eigenvalue weighted by molar-refractivity contribution is 4.67. The summed E-state index contributed by atoms with van der Waals surface area (Å²) in [5, 5.41) is 0. The molecule has 0 aliphatic carbocycles. The van der Waals surface area contributed by atoms with Gasteiger partial charge in [0.05, 0.1) is 25.7 Å². The number of alkyl halides is 3. The molecule has 0 radical (unpaired) electrons. The maximum absolute atomic E-state index is 12.0. The summed E-state index contributed by atoms with van der Waals surface area (Å²) in [4.78, 5) is 0. The lowest BCUT2D eigenvalue weighted by Crippen LogP contribution is -2.34. The maximum Gasteiger partial charge on any atom is 0.395 e. The average Bonchev–Trinajstić information content (AvgIpc) is 2.02. The number of halogens is 3. The van der Waals surface area contributed by atoms with Crippen LogP contribution in [0.5, 0.6) is 0 Å². The summed E-state index contributed by atoms with van der Waals surface area (Å²) in [6.45, 7) is -0.405. The Morgan fingerprint density at radius 1 is 1.31 bits per heavy atom. The van der Waals surface area contributed by atoms with Crippen molar-refractivity contribution >= 4 is 0 Å². The van der Waals surface area contributed by atoms with Gasteiger partial charge in [0.15, 0.2) is 0 Å². The molecule has 80 valence electrons. The SMILES string of the molecule is COCCOCC(CN)C(F)(F)F. The predicted octanol–water partition coefficient (Wildman–Crippen LogP) is 0.787. The van der Waals surface area contributed by atoms with Gasteiger partial charge in [0.1, 0.15) is 0 Å². The summed E-state index contributed by atoms with van der Waals surface area (Å²) in [6, 6.07) is 0. The van der Waals surface area contributed by atoms with E-state index in [0.717, 1.165) is 0 Å². The monoisotopic (exact) mass is 201 g/mol. The third-order valence-corrected chi connectivity index (χ3v) is 1.50. The van der Waals surface area contributed by atoms with Crippen LogP contribution in [0.25, 0.3) is 0 Å². The van der Waals surface area contributed by atoms with Gasteiger partial charge in [0.2, 0.25) is 0 Å². The molecular formula is C7H14F3NO2. The summed E-state index contributed by atoms with van der Waals surface area (Å²) in [5.41, 5.74) is 4.94. The van der Waals surface area contributed by atoms with Crippen molar-refractivity contribution in [1.29, 1.82) is 0 Å². The van der Waals surface area contributed by atoms with Crippen LogP contribution in [0.3, 0.4) is 0 Å². The molecule has 0 saturated carbocycles. The van der Waals surface area contributed by atoms with Crippen LogP contribution < -0.4 is 5.73 Å². The lowest BCUT2D eigenvalue weighted by molar-refractivity contribution is -0.185. The molecule has 1 atom stereocenters. The molecule has 0 heterocycles. The highest BCUT2D eigenvalue weighted by Gasteiger charge is 2.38. The summed E-state index contributed by atoms with van der Waals surface area (Å²) in [7, 11) is 1.45. The smallest absolute Gasteiger partial charge is 0.382 e. The van der Waals surface area contributed by atoms with Crippen molar-refractivity contribution in [3.05, 3.63) is 0 Å². The summed E-state index contributed by atoms with van der Waals surface area (Å²) < 4.78 is 45.4. The molecular weight excluding hydrogens is 187 g/mol. The van der Waals surface area contributed by atoms with Gasteiger partial charge in [0.25, 0.3) is 0 Å². The zero-order chi connectivity index (χ0) is 10.3. The Labute approximate surface area is 75.0 Å². The molecule has 0 aromatic heterocycles. The Balaban J connectivity index is 3.61. The van der Waals surface area contributed by atoms with Gasteiger partial charge in [-0.1, -0.05) is 0 Å². The third-order valence-electron chi connectivity index (χ3n) is 1.50. The van der Waals surface area contributed by atoms with Crippen molar-refractivity contribution in [2.45, 2.75) is 6.18 Å².